The quantitative estimate of drug-likeness (QED) is 0.840. The molecule has 0 spiro atoms. The number of para-hydroxylation sites is 1. The fraction of sp³-hybridized carbons (Fsp3) is 0.263. The van der Waals surface area contributed by atoms with Crippen LogP contribution < -0.4 is 10.1 Å². The Morgan fingerprint density at radius 2 is 1.80 bits per heavy atom. The van der Waals surface area contributed by atoms with E-state index in [4.69, 9.17) is 4.74 Å². The van der Waals surface area contributed by atoms with Crippen LogP contribution in [0.2, 0.25) is 0 Å². The van der Waals surface area contributed by atoms with Crippen LogP contribution in [-0.2, 0) is 11.3 Å². The predicted molar refractivity (Wildman–Crippen MR) is 92.8 cm³/mol. The molecule has 0 saturated heterocycles. The van der Waals surface area contributed by atoms with E-state index in [9.17, 15) is 14.0 Å². The van der Waals surface area contributed by atoms with Gasteiger partial charge in [-0.25, -0.2) is 4.39 Å². The first kappa shape index (κ1) is 18.4. The molecule has 0 saturated carbocycles. The van der Waals surface area contributed by atoms with Gasteiger partial charge >= 0.3 is 0 Å². The summed E-state index contributed by atoms with van der Waals surface area (Å²) >= 11 is 0. The number of nitrogens with one attached hydrogen (secondary N) is 1. The van der Waals surface area contributed by atoms with Gasteiger partial charge in [0.25, 0.3) is 5.91 Å². The number of halogens is 1. The molecule has 6 heteroatoms. The van der Waals surface area contributed by atoms with Crippen molar-refractivity contribution in [3.63, 3.8) is 0 Å². The van der Waals surface area contributed by atoms with Gasteiger partial charge in [-0.2, -0.15) is 0 Å². The lowest BCUT2D eigenvalue weighted by Crippen LogP contribution is -2.37. The Labute approximate surface area is 146 Å². The molecule has 0 unspecified atom stereocenters. The van der Waals surface area contributed by atoms with Crippen molar-refractivity contribution in [1.29, 1.82) is 0 Å². The third-order valence-corrected chi connectivity index (χ3v) is 3.78. The smallest absolute Gasteiger partial charge is 0.255 e. The standard InChI is InChI=1S/C19H21FN2O3/c1-14(23)22(13-15-7-3-5-9-17(15)20)12-11-21-19(24)16-8-4-6-10-18(16)25-2/h3-10H,11-13H2,1-2H3,(H,21,24). The zero-order chi connectivity index (χ0) is 18.2. The molecule has 25 heavy (non-hydrogen) atoms. The zero-order valence-electron chi connectivity index (χ0n) is 14.3. The minimum absolute atomic E-state index is 0.159. The van der Waals surface area contributed by atoms with Gasteiger partial charge in [0.2, 0.25) is 5.91 Å². The van der Waals surface area contributed by atoms with E-state index in [1.807, 2.05) is 0 Å². The molecule has 0 atom stereocenters. The number of nitrogens with zero attached hydrogens (tertiary/aromatic N) is 1. The minimum Gasteiger partial charge on any atom is -0.496 e. The Balaban J connectivity index is 1.94. The Kier molecular flexibility index (Phi) is 6.51. The molecule has 0 aromatic heterocycles. The van der Waals surface area contributed by atoms with Crippen molar-refractivity contribution in [1.82, 2.24) is 10.2 Å². The van der Waals surface area contributed by atoms with Crippen LogP contribution in [-0.4, -0.2) is 36.9 Å². The highest BCUT2D eigenvalue weighted by Gasteiger charge is 2.14. The van der Waals surface area contributed by atoms with Gasteiger partial charge in [0.05, 0.1) is 12.7 Å². The predicted octanol–water partition coefficient (Wildman–Crippen LogP) is 2.61. The van der Waals surface area contributed by atoms with E-state index in [1.165, 1.54) is 25.0 Å². The van der Waals surface area contributed by atoms with Gasteiger partial charge in [-0.15, -0.1) is 0 Å². The third kappa shape index (κ3) is 5.04. The van der Waals surface area contributed by atoms with Gasteiger partial charge in [0.15, 0.2) is 0 Å². The Morgan fingerprint density at radius 1 is 1.12 bits per heavy atom. The molecule has 5 nitrogen and oxygen atoms in total. The molecule has 2 aromatic carbocycles. The summed E-state index contributed by atoms with van der Waals surface area (Å²) in [6, 6.07) is 13.2. The van der Waals surface area contributed by atoms with E-state index >= 15 is 0 Å². The molecular formula is C19H21FN2O3. The highest BCUT2D eigenvalue weighted by Crippen LogP contribution is 2.16. The van der Waals surface area contributed by atoms with E-state index in [0.717, 1.165) is 0 Å². The molecule has 2 amide bonds. The minimum atomic E-state index is -0.355. The summed E-state index contributed by atoms with van der Waals surface area (Å²) in [7, 11) is 1.50. The molecule has 132 valence electrons. The largest absolute Gasteiger partial charge is 0.496 e. The fourth-order valence-electron chi connectivity index (χ4n) is 2.41. The average molecular weight is 344 g/mol. The molecule has 2 aromatic rings. The summed E-state index contributed by atoms with van der Waals surface area (Å²) in [5.41, 5.74) is 0.863. The van der Waals surface area contributed by atoms with Crippen LogP contribution in [0.5, 0.6) is 5.75 Å². The van der Waals surface area contributed by atoms with E-state index in [2.05, 4.69) is 5.32 Å². The summed E-state index contributed by atoms with van der Waals surface area (Å²) in [6.07, 6.45) is 0. The van der Waals surface area contributed by atoms with Crippen molar-refractivity contribution >= 4 is 11.8 Å². The molecule has 0 aliphatic heterocycles. The average Bonchev–Trinajstić information content (AvgIpc) is 2.62. The number of benzene rings is 2. The van der Waals surface area contributed by atoms with E-state index in [1.54, 1.807) is 42.5 Å². The van der Waals surface area contributed by atoms with Gasteiger partial charge in [-0.05, 0) is 18.2 Å². The van der Waals surface area contributed by atoms with E-state index < -0.39 is 0 Å². The lowest BCUT2D eigenvalue weighted by molar-refractivity contribution is -0.129. The Hall–Kier alpha value is -2.89. The summed E-state index contributed by atoms with van der Waals surface area (Å²) in [5.74, 6) is -0.344. The number of ether oxygens (including phenoxy) is 1. The molecular weight excluding hydrogens is 323 g/mol. The second-order valence-corrected chi connectivity index (χ2v) is 5.49. The first-order valence-corrected chi connectivity index (χ1v) is 7.93. The van der Waals surface area contributed by atoms with Crippen LogP contribution in [0, 0.1) is 5.82 Å². The molecule has 0 heterocycles. The lowest BCUT2D eigenvalue weighted by atomic mass is 10.2. The molecule has 0 aliphatic carbocycles. The van der Waals surface area contributed by atoms with Gasteiger partial charge < -0.3 is 15.0 Å². The van der Waals surface area contributed by atoms with Crippen molar-refractivity contribution in [3.8, 4) is 5.75 Å². The van der Waals surface area contributed by atoms with Crippen molar-refractivity contribution in [3.05, 3.63) is 65.5 Å². The molecule has 0 radical (unpaired) electrons. The molecule has 1 N–H and O–H groups in total. The summed E-state index contributed by atoms with van der Waals surface area (Å²) in [4.78, 5) is 25.5. The number of hydrogen-bond donors (Lipinski definition) is 1. The van der Waals surface area contributed by atoms with Crippen LogP contribution in [0.15, 0.2) is 48.5 Å². The summed E-state index contributed by atoms with van der Waals surface area (Å²) in [5, 5.41) is 2.75. The van der Waals surface area contributed by atoms with Crippen molar-refractivity contribution in [2.24, 2.45) is 0 Å². The fourth-order valence-corrected chi connectivity index (χ4v) is 2.41. The molecule has 0 aliphatic rings. The lowest BCUT2D eigenvalue weighted by Gasteiger charge is -2.21. The van der Waals surface area contributed by atoms with Crippen molar-refractivity contribution < 1.29 is 18.7 Å². The van der Waals surface area contributed by atoms with Crippen LogP contribution in [0.25, 0.3) is 0 Å². The maximum Gasteiger partial charge on any atom is 0.255 e. The second kappa shape index (κ2) is 8.82. The van der Waals surface area contributed by atoms with Crippen LogP contribution in [0.3, 0.4) is 0 Å². The SMILES string of the molecule is COc1ccccc1C(=O)NCCN(Cc1ccccc1F)C(C)=O. The third-order valence-electron chi connectivity index (χ3n) is 3.78. The van der Waals surface area contributed by atoms with E-state index in [-0.39, 0.29) is 37.3 Å². The van der Waals surface area contributed by atoms with Gasteiger partial charge in [0.1, 0.15) is 11.6 Å². The molecule has 2 rings (SSSR count). The monoisotopic (exact) mass is 344 g/mol. The van der Waals surface area contributed by atoms with Crippen molar-refractivity contribution in [2.75, 3.05) is 20.2 Å². The zero-order valence-corrected chi connectivity index (χ0v) is 14.3. The first-order chi connectivity index (χ1) is 12.0. The van der Waals surface area contributed by atoms with Gasteiger partial charge in [-0.1, -0.05) is 30.3 Å². The maximum atomic E-state index is 13.7. The number of carbonyl (C=O) groups excluding carboxylic acids is 2. The highest BCUT2D eigenvalue weighted by molar-refractivity contribution is 5.96. The van der Waals surface area contributed by atoms with Gasteiger partial charge in [0, 0.05) is 32.1 Å². The number of hydrogen-bond acceptors (Lipinski definition) is 3. The first-order valence-electron chi connectivity index (χ1n) is 7.93. The molecule has 0 bridgehead atoms. The second-order valence-electron chi connectivity index (χ2n) is 5.49. The normalized spacial score (nSPS) is 10.2. The highest BCUT2D eigenvalue weighted by atomic mass is 19.1. The van der Waals surface area contributed by atoms with Crippen molar-refractivity contribution in [2.45, 2.75) is 13.5 Å². The summed E-state index contributed by atoms with van der Waals surface area (Å²) < 4.78 is 18.9. The van der Waals surface area contributed by atoms with Gasteiger partial charge in [-0.3, -0.25) is 9.59 Å². The van der Waals surface area contributed by atoms with E-state index in [0.29, 0.717) is 16.9 Å². The van der Waals surface area contributed by atoms with Crippen LogP contribution in [0.4, 0.5) is 4.39 Å². The molecule has 0 fully saturated rings. The Morgan fingerprint density at radius 3 is 2.48 bits per heavy atom. The number of rotatable bonds is 7. The maximum absolute atomic E-state index is 13.7. The van der Waals surface area contributed by atoms with Crippen LogP contribution in [0.1, 0.15) is 22.8 Å². The van der Waals surface area contributed by atoms with Crippen LogP contribution >= 0.6 is 0 Å². The number of methoxy groups -OCH3 is 1. The Bertz CT molecular complexity index is 749. The summed E-state index contributed by atoms with van der Waals surface area (Å²) in [6.45, 7) is 2.12. The number of carbonyl (C=O) groups is 2. The number of amides is 2. The topological polar surface area (TPSA) is 58.6 Å².